The Kier molecular flexibility index (Phi) is 5.84. The summed E-state index contributed by atoms with van der Waals surface area (Å²) in [4.78, 5) is 10.3. The van der Waals surface area contributed by atoms with Gasteiger partial charge in [-0.25, -0.2) is 9.97 Å². The Labute approximate surface area is 276 Å². The summed E-state index contributed by atoms with van der Waals surface area (Å²) in [6, 6.07) is 57.2. The van der Waals surface area contributed by atoms with Gasteiger partial charge in [-0.2, -0.15) is 0 Å². The van der Waals surface area contributed by atoms with Crippen LogP contribution in [0, 0.1) is 0 Å². The average Bonchev–Trinajstić information content (AvgIpc) is 3.70. The maximum atomic E-state index is 6.46. The Hall–Kier alpha value is -6.52. The summed E-state index contributed by atoms with van der Waals surface area (Å²) >= 11 is 0. The van der Waals surface area contributed by atoms with E-state index in [-0.39, 0.29) is 0 Å². The van der Waals surface area contributed by atoms with Crippen LogP contribution in [0.1, 0.15) is 0 Å². The molecule has 48 heavy (non-hydrogen) atoms. The number of hydrogen-bond acceptors (Lipinski definition) is 3. The Morgan fingerprint density at radius 2 is 1.17 bits per heavy atom. The van der Waals surface area contributed by atoms with Crippen molar-refractivity contribution in [2.45, 2.75) is 0 Å². The molecule has 3 heterocycles. The van der Waals surface area contributed by atoms with Crippen molar-refractivity contribution in [3.63, 3.8) is 0 Å². The smallest absolute Gasteiger partial charge is 0.161 e. The van der Waals surface area contributed by atoms with Crippen molar-refractivity contribution in [1.29, 1.82) is 0 Å². The van der Waals surface area contributed by atoms with E-state index in [1.165, 1.54) is 21.9 Å². The van der Waals surface area contributed by atoms with Gasteiger partial charge in [0.2, 0.25) is 0 Å². The van der Waals surface area contributed by atoms with Crippen LogP contribution in [0.2, 0.25) is 0 Å². The van der Waals surface area contributed by atoms with Crippen molar-refractivity contribution in [2.75, 3.05) is 0 Å². The zero-order valence-corrected chi connectivity index (χ0v) is 25.8. The molecule has 7 aromatic carbocycles. The molecule has 3 aromatic heterocycles. The molecule has 224 valence electrons. The van der Waals surface area contributed by atoms with Gasteiger partial charge in [-0.05, 0) is 59.7 Å². The molecule has 0 atom stereocenters. The minimum atomic E-state index is 0.677. The lowest BCUT2D eigenvalue weighted by atomic mass is 10.0. The molecule has 0 aliphatic carbocycles. The summed E-state index contributed by atoms with van der Waals surface area (Å²) < 4.78 is 8.83. The molecular weight excluding hydrogens is 587 g/mol. The van der Waals surface area contributed by atoms with Gasteiger partial charge in [-0.1, -0.05) is 115 Å². The van der Waals surface area contributed by atoms with Crippen LogP contribution >= 0.6 is 0 Å². The first-order chi connectivity index (χ1) is 23.8. The first kappa shape index (κ1) is 26.7. The van der Waals surface area contributed by atoms with E-state index in [1.54, 1.807) is 0 Å². The van der Waals surface area contributed by atoms with Crippen LogP contribution in [0.25, 0.3) is 94.1 Å². The third kappa shape index (κ3) is 4.10. The summed E-state index contributed by atoms with van der Waals surface area (Å²) in [7, 11) is 0. The van der Waals surface area contributed by atoms with Gasteiger partial charge in [-0.3, -0.25) is 0 Å². The van der Waals surface area contributed by atoms with Gasteiger partial charge in [0, 0.05) is 43.7 Å². The highest BCUT2D eigenvalue weighted by Crippen LogP contribution is 2.40. The number of fused-ring (bicyclic) bond motifs is 7. The number of nitrogens with zero attached hydrogens (tertiary/aromatic N) is 3. The fourth-order valence-corrected chi connectivity index (χ4v) is 7.21. The van der Waals surface area contributed by atoms with E-state index in [0.29, 0.717) is 5.82 Å². The van der Waals surface area contributed by atoms with E-state index in [9.17, 15) is 0 Å². The van der Waals surface area contributed by atoms with Crippen LogP contribution in [-0.2, 0) is 0 Å². The molecule has 0 N–H and O–H groups in total. The zero-order chi connectivity index (χ0) is 31.6. The van der Waals surface area contributed by atoms with Gasteiger partial charge in [0.15, 0.2) is 5.82 Å². The molecule has 0 saturated heterocycles. The van der Waals surface area contributed by atoms with Gasteiger partial charge < -0.3 is 8.98 Å². The van der Waals surface area contributed by atoms with Gasteiger partial charge in [0.05, 0.1) is 22.2 Å². The SMILES string of the molecule is c1ccc(-c2ccc3c(c2)c2ccccc2n3-c2ccc3oc4cccc(-c5nc(-c6ccccc6)c6ccccc6n5)c4c3c2)cc1. The number of para-hydroxylation sites is 2. The lowest BCUT2D eigenvalue weighted by Crippen LogP contribution is -1.96. The molecule has 0 radical (unpaired) electrons. The molecule has 0 aliphatic heterocycles. The molecule has 0 aliphatic rings. The van der Waals surface area contributed by atoms with Crippen LogP contribution in [0.3, 0.4) is 0 Å². The quantitative estimate of drug-likeness (QED) is 0.198. The Balaban J connectivity index is 1.21. The summed E-state index contributed by atoms with van der Waals surface area (Å²) in [5.74, 6) is 0.677. The van der Waals surface area contributed by atoms with Crippen LogP contribution in [0.4, 0.5) is 0 Å². The molecule has 0 bridgehead atoms. The van der Waals surface area contributed by atoms with Crippen molar-refractivity contribution in [3.05, 3.63) is 164 Å². The highest BCUT2D eigenvalue weighted by molar-refractivity contribution is 6.14. The van der Waals surface area contributed by atoms with Crippen LogP contribution in [0.15, 0.2) is 168 Å². The second-order valence-electron chi connectivity index (χ2n) is 12.2. The van der Waals surface area contributed by atoms with Crippen molar-refractivity contribution >= 4 is 54.6 Å². The third-order valence-electron chi connectivity index (χ3n) is 9.41. The van der Waals surface area contributed by atoms with Crippen LogP contribution in [0.5, 0.6) is 0 Å². The number of furan rings is 1. The average molecular weight is 614 g/mol. The van der Waals surface area contributed by atoms with E-state index < -0.39 is 0 Å². The molecule has 4 heteroatoms. The molecule has 10 rings (SSSR count). The zero-order valence-electron chi connectivity index (χ0n) is 25.8. The molecule has 0 amide bonds. The monoisotopic (exact) mass is 613 g/mol. The molecule has 0 saturated carbocycles. The second-order valence-corrected chi connectivity index (χ2v) is 12.2. The number of rotatable bonds is 4. The highest BCUT2D eigenvalue weighted by Gasteiger charge is 2.19. The molecule has 0 unspecified atom stereocenters. The number of benzene rings is 7. The molecular formula is C44H27N3O. The lowest BCUT2D eigenvalue weighted by molar-refractivity contribution is 0.669. The minimum absolute atomic E-state index is 0.677. The van der Waals surface area contributed by atoms with Gasteiger partial charge >= 0.3 is 0 Å². The van der Waals surface area contributed by atoms with Crippen LogP contribution < -0.4 is 0 Å². The lowest BCUT2D eigenvalue weighted by Gasteiger charge is -2.11. The molecule has 4 nitrogen and oxygen atoms in total. The van der Waals surface area contributed by atoms with E-state index in [4.69, 9.17) is 14.4 Å². The van der Waals surface area contributed by atoms with Gasteiger partial charge in [0.25, 0.3) is 0 Å². The van der Waals surface area contributed by atoms with E-state index >= 15 is 0 Å². The minimum Gasteiger partial charge on any atom is -0.456 e. The summed E-state index contributed by atoms with van der Waals surface area (Å²) in [6.45, 7) is 0. The normalized spacial score (nSPS) is 11.8. The fraction of sp³-hybridized carbons (Fsp3) is 0. The topological polar surface area (TPSA) is 43.9 Å². The summed E-state index contributed by atoms with van der Waals surface area (Å²) in [5, 5.41) is 5.52. The summed E-state index contributed by atoms with van der Waals surface area (Å²) in [5.41, 5.74) is 11.3. The van der Waals surface area contributed by atoms with Crippen molar-refractivity contribution < 1.29 is 4.42 Å². The third-order valence-corrected chi connectivity index (χ3v) is 9.41. The van der Waals surface area contributed by atoms with Crippen LogP contribution in [-0.4, -0.2) is 14.5 Å². The predicted molar refractivity (Wildman–Crippen MR) is 197 cm³/mol. The molecule has 10 aromatic rings. The Morgan fingerprint density at radius 1 is 0.438 bits per heavy atom. The van der Waals surface area contributed by atoms with Gasteiger partial charge in [0.1, 0.15) is 11.2 Å². The Bertz CT molecular complexity index is 2830. The first-order valence-corrected chi connectivity index (χ1v) is 16.2. The molecule has 0 spiro atoms. The van der Waals surface area contributed by atoms with E-state index in [2.05, 4.69) is 138 Å². The van der Waals surface area contributed by atoms with Crippen molar-refractivity contribution in [3.8, 4) is 39.5 Å². The maximum Gasteiger partial charge on any atom is 0.161 e. The fourth-order valence-electron chi connectivity index (χ4n) is 7.21. The maximum absolute atomic E-state index is 6.46. The largest absolute Gasteiger partial charge is 0.456 e. The van der Waals surface area contributed by atoms with E-state index in [0.717, 1.165) is 66.4 Å². The van der Waals surface area contributed by atoms with Crippen molar-refractivity contribution in [2.24, 2.45) is 0 Å². The van der Waals surface area contributed by atoms with Crippen molar-refractivity contribution in [1.82, 2.24) is 14.5 Å². The van der Waals surface area contributed by atoms with E-state index in [1.807, 2.05) is 30.3 Å². The highest BCUT2D eigenvalue weighted by atomic mass is 16.3. The number of aromatic nitrogens is 3. The number of hydrogen-bond donors (Lipinski definition) is 0. The predicted octanol–water partition coefficient (Wildman–Crippen LogP) is 11.6. The summed E-state index contributed by atoms with van der Waals surface area (Å²) in [6.07, 6.45) is 0. The molecule has 0 fully saturated rings. The Morgan fingerprint density at radius 3 is 2.02 bits per heavy atom. The first-order valence-electron chi connectivity index (χ1n) is 16.2. The second kappa shape index (κ2) is 10.5. The standard InChI is InChI=1S/C44H27N3O/c1-3-12-28(13-4-1)30-22-24-39-35(26-30)32-16-8-10-20-38(32)47(39)31-23-25-40-36(27-31)42-34(18-11-21-41(42)48-40)44-45-37-19-9-7-17-33(37)43(46-44)29-14-5-2-6-15-29/h1-27H. The van der Waals surface area contributed by atoms with Gasteiger partial charge in [-0.15, -0.1) is 0 Å².